The molecule has 0 bridgehead atoms. The highest BCUT2D eigenvalue weighted by atomic mass is 16.2. The molecular formula is C12H17N3O2. The Kier molecular flexibility index (Phi) is 5.13. The quantitative estimate of drug-likeness (QED) is 0.770. The van der Waals surface area contributed by atoms with Crippen LogP contribution in [0.1, 0.15) is 20.3 Å². The summed E-state index contributed by atoms with van der Waals surface area (Å²) < 4.78 is 0. The summed E-state index contributed by atoms with van der Waals surface area (Å²) in [6, 6.07) is 3.36. The Labute approximate surface area is 101 Å². The Hall–Kier alpha value is -1.91. The van der Waals surface area contributed by atoms with E-state index in [0.29, 0.717) is 18.2 Å². The van der Waals surface area contributed by atoms with Crippen LogP contribution in [0.3, 0.4) is 0 Å². The van der Waals surface area contributed by atoms with Crippen LogP contribution < -0.4 is 10.6 Å². The number of hydrogen-bond acceptors (Lipinski definition) is 3. The first-order chi connectivity index (χ1) is 8.09. The number of pyridine rings is 1. The Bertz CT molecular complexity index is 377. The average molecular weight is 235 g/mol. The summed E-state index contributed by atoms with van der Waals surface area (Å²) in [5, 5.41) is 5.03. The van der Waals surface area contributed by atoms with Crippen LogP contribution >= 0.6 is 0 Å². The van der Waals surface area contributed by atoms with Gasteiger partial charge in [-0.3, -0.25) is 14.6 Å². The van der Waals surface area contributed by atoms with Crippen molar-refractivity contribution < 1.29 is 9.59 Å². The molecule has 0 unspecified atom stereocenters. The number of nitrogens with one attached hydrogen (secondary N) is 2. The van der Waals surface area contributed by atoms with Gasteiger partial charge in [0.25, 0.3) is 0 Å². The van der Waals surface area contributed by atoms with Crippen molar-refractivity contribution in [3.05, 3.63) is 24.5 Å². The van der Waals surface area contributed by atoms with Crippen LogP contribution in [0.15, 0.2) is 24.5 Å². The van der Waals surface area contributed by atoms with Crippen molar-refractivity contribution in [3.63, 3.8) is 0 Å². The van der Waals surface area contributed by atoms with Crippen LogP contribution in [0.25, 0.3) is 0 Å². The van der Waals surface area contributed by atoms with Gasteiger partial charge >= 0.3 is 11.8 Å². The first kappa shape index (κ1) is 13.2. The van der Waals surface area contributed by atoms with Crippen LogP contribution in [0.2, 0.25) is 0 Å². The summed E-state index contributed by atoms with van der Waals surface area (Å²) in [5.41, 5.74) is 0.511. The third kappa shape index (κ3) is 5.10. The minimum absolute atomic E-state index is 0.497. The Balaban J connectivity index is 2.35. The van der Waals surface area contributed by atoms with E-state index in [-0.39, 0.29) is 0 Å². The molecule has 0 fully saturated rings. The largest absolute Gasteiger partial charge is 0.348 e. The number of aromatic nitrogens is 1. The molecular weight excluding hydrogens is 218 g/mol. The molecule has 1 aromatic rings. The highest BCUT2D eigenvalue weighted by Gasteiger charge is 2.12. The standard InChI is InChI=1S/C12H17N3O2/c1-9(2)5-7-14-11(16)12(17)15-10-4-3-6-13-8-10/h3-4,6,8-9H,5,7H2,1-2H3,(H,14,16)(H,15,17). The zero-order valence-electron chi connectivity index (χ0n) is 10.1. The number of rotatable bonds is 4. The predicted octanol–water partition coefficient (Wildman–Crippen LogP) is 1.18. The Morgan fingerprint density at radius 2 is 2.12 bits per heavy atom. The lowest BCUT2D eigenvalue weighted by Crippen LogP contribution is -2.36. The summed E-state index contributed by atoms with van der Waals surface area (Å²) in [6.07, 6.45) is 3.93. The summed E-state index contributed by atoms with van der Waals surface area (Å²) in [5.74, 6) is -0.784. The molecule has 0 radical (unpaired) electrons. The lowest BCUT2D eigenvalue weighted by Gasteiger charge is -2.07. The Morgan fingerprint density at radius 3 is 2.71 bits per heavy atom. The molecule has 0 saturated carbocycles. The molecule has 17 heavy (non-hydrogen) atoms. The maximum absolute atomic E-state index is 11.4. The van der Waals surface area contributed by atoms with Gasteiger partial charge in [-0.15, -0.1) is 0 Å². The molecule has 0 saturated heterocycles. The van der Waals surface area contributed by atoms with Crippen molar-refractivity contribution in [2.24, 2.45) is 5.92 Å². The predicted molar refractivity (Wildman–Crippen MR) is 65.3 cm³/mol. The zero-order chi connectivity index (χ0) is 12.7. The molecule has 0 aliphatic rings. The van der Waals surface area contributed by atoms with Crippen molar-refractivity contribution in [3.8, 4) is 0 Å². The molecule has 2 N–H and O–H groups in total. The van der Waals surface area contributed by atoms with Gasteiger partial charge in [0.15, 0.2) is 0 Å². The smallest absolute Gasteiger partial charge is 0.313 e. The van der Waals surface area contributed by atoms with Gasteiger partial charge in [-0.2, -0.15) is 0 Å². The van der Waals surface area contributed by atoms with E-state index in [9.17, 15) is 9.59 Å². The van der Waals surface area contributed by atoms with Crippen molar-refractivity contribution in [2.75, 3.05) is 11.9 Å². The number of nitrogens with zero attached hydrogens (tertiary/aromatic N) is 1. The third-order valence-corrected chi connectivity index (χ3v) is 2.13. The number of anilines is 1. The molecule has 0 aromatic carbocycles. The highest BCUT2D eigenvalue weighted by Crippen LogP contribution is 2.02. The van der Waals surface area contributed by atoms with E-state index in [1.165, 1.54) is 6.20 Å². The Morgan fingerprint density at radius 1 is 1.35 bits per heavy atom. The van der Waals surface area contributed by atoms with Crippen LogP contribution in [0.4, 0.5) is 5.69 Å². The molecule has 0 spiro atoms. The molecule has 0 aliphatic carbocycles. The molecule has 92 valence electrons. The fourth-order valence-corrected chi connectivity index (χ4v) is 1.18. The number of hydrogen-bond donors (Lipinski definition) is 2. The second kappa shape index (κ2) is 6.62. The van der Waals surface area contributed by atoms with Gasteiger partial charge in [0.05, 0.1) is 11.9 Å². The lowest BCUT2D eigenvalue weighted by molar-refractivity contribution is -0.136. The summed E-state index contributed by atoms with van der Waals surface area (Å²) in [6.45, 7) is 4.63. The second-order valence-electron chi connectivity index (χ2n) is 4.13. The van der Waals surface area contributed by atoms with Gasteiger partial charge in [-0.1, -0.05) is 13.8 Å². The maximum Gasteiger partial charge on any atom is 0.313 e. The van der Waals surface area contributed by atoms with Crippen LogP contribution in [0, 0.1) is 5.92 Å². The zero-order valence-corrected chi connectivity index (χ0v) is 10.1. The van der Waals surface area contributed by atoms with E-state index in [0.717, 1.165) is 6.42 Å². The number of carbonyl (C=O) groups excluding carboxylic acids is 2. The van der Waals surface area contributed by atoms with Gasteiger partial charge in [0.1, 0.15) is 0 Å². The maximum atomic E-state index is 11.4. The van der Waals surface area contributed by atoms with Crippen LogP contribution in [-0.2, 0) is 9.59 Å². The lowest BCUT2D eigenvalue weighted by atomic mass is 10.1. The number of amides is 2. The van der Waals surface area contributed by atoms with E-state index in [4.69, 9.17) is 0 Å². The third-order valence-electron chi connectivity index (χ3n) is 2.13. The van der Waals surface area contributed by atoms with Gasteiger partial charge < -0.3 is 10.6 Å². The minimum atomic E-state index is -0.665. The molecule has 0 atom stereocenters. The molecule has 1 aromatic heterocycles. The van der Waals surface area contributed by atoms with Gasteiger partial charge in [-0.25, -0.2) is 0 Å². The van der Waals surface area contributed by atoms with E-state index in [1.807, 2.05) is 0 Å². The highest BCUT2D eigenvalue weighted by molar-refractivity contribution is 6.39. The van der Waals surface area contributed by atoms with E-state index < -0.39 is 11.8 Å². The van der Waals surface area contributed by atoms with Crippen molar-refractivity contribution in [1.82, 2.24) is 10.3 Å². The van der Waals surface area contributed by atoms with Gasteiger partial charge in [-0.05, 0) is 24.5 Å². The van der Waals surface area contributed by atoms with Crippen molar-refractivity contribution >= 4 is 17.5 Å². The normalized spacial score (nSPS) is 10.1. The molecule has 5 nitrogen and oxygen atoms in total. The van der Waals surface area contributed by atoms with Crippen LogP contribution in [0.5, 0.6) is 0 Å². The fourth-order valence-electron chi connectivity index (χ4n) is 1.18. The van der Waals surface area contributed by atoms with E-state index in [2.05, 4.69) is 29.5 Å². The van der Waals surface area contributed by atoms with Gasteiger partial charge in [0, 0.05) is 12.7 Å². The SMILES string of the molecule is CC(C)CCNC(=O)C(=O)Nc1cccnc1. The van der Waals surface area contributed by atoms with Crippen LogP contribution in [-0.4, -0.2) is 23.3 Å². The van der Waals surface area contributed by atoms with Crippen molar-refractivity contribution in [2.45, 2.75) is 20.3 Å². The molecule has 2 amide bonds. The first-order valence-corrected chi connectivity index (χ1v) is 5.59. The fraction of sp³-hybridized carbons (Fsp3) is 0.417. The molecule has 1 heterocycles. The average Bonchev–Trinajstić information content (AvgIpc) is 2.29. The number of carbonyl (C=O) groups is 2. The topological polar surface area (TPSA) is 71.1 Å². The van der Waals surface area contributed by atoms with Gasteiger partial charge in [0.2, 0.25) is 0 Å². The molecule has 0 aliphatic heterocycles. The van der Waals surface area contributed by atoms with E-state index >= 15 is 0 Å². The second-order valence-corrected chi connectivity index (χ2v) is 4.13. The monoisotopic (exact) mass is 235 g/mol. The first-order valence-electron chi connectivity index (χ1n) is 5.59. The van der Waals surface area contributed by atoms with E-state index in [1.54, 1.807) is 18.3 Å². The summed E-state index contributed by atoms with van der Waals surface area (Å²) in [4.78, 5) is 26.7. The summed E-state index contributed by atoms with van der Waals surface area (Å²) >= 11 is 0. The summed E-state index contributed by atoms with van der Waals surface area (Å²) in [7, 11) is 0. The molecule has 5 heteroatoms. The minimum Gasteiger partial charge on any atom is -0.348 e. The molecule has 1 rings (SSSR count). The van der Waals surface area contributed by atoms with Crippen molar-refractivity contribution in [1.29, 1.82) is 0 Å².